The average molecular weight is 304 g/mol. The first kappa shape index (κ1) is 16.5. The molecule has 1 aliphatic carbocycles. The van der Waals surface area contributed by atoms with Crippen molar-refractivity contribution in [3.05, 3.63) is 29.3 Å². The molecule has 1 fully saturated rings. The summed E-state index contributed by atoms with van der Waals surface area (Å²) >= 11 is 0. The van der Waals surface area contributed by atoms with Gasteiger partial charge in [0.1, 0.15) is 5.75 Å². The van der Waals surface area contributed by atoms with E-state index in [4.69, 9.17) is 9.47 Å². The predicted octanol–water partition coefficient (Wildman–Crippen LogP) is 3.56. The van der Waals surface area contributed by atoms with E-state index >= 15 is 0 Å². The van der Waals surface area contributed by atoms with Gasteiger partial charge in [-0.1, -0.05) is 19.3 Å². The number of Topliss-reactive ketones (excluding diaryl/α,β-unsaturated/α-hetero) is 1. The van der Waals surface area contributed by atoms with Gasteiger partial charge in [-0.05, 0) is 43.9 Å². The van der Waals surface area contributed by atoms with Crippen LogP contribution in [0.3, 0.4) is 0 Å². The lowest BCUT2D eigenvalue weighted by atomic mass is 9.90. The molecule has 1 aromatic rings. The van der Waals surface area contributed by atoms with Crippen LogP contribution in [0.5, 0.6) is 5.75 Å². The average Bonchev–Trinajstić information content (AvgIpc) is 2.54. The number of ketones is 1. The summed E-state index contributed by atoms with van der Waals surface area (Å²) in [6.07, 6.45) is 6.39. The molecule has 0 spiro atoms. The number of ether oxygens (including phenoxy) is 2. The standard InChI is InChI=1S/C18H24O4/c1-13(19)15-8-9-17(16(10-15)11-18(20)21-2)22-12-14-6-4-3-5-7-14/h8-10,14H,3-7,11-12H2,1-2H3. The van der Waals surface area contributed by atoms with Crippen molar-refractivity contribution in [3.63, 3.8) is 0 Å². The van der Waals surface area contributed by atoms with Crippen LogP contribution in [0.25, 0.3) is 0 Å². The number of hydrogen-bond acceptors (Lipinski definition) is 4. The Labute approximate surface area is 131 Å². The fraction of sp³-hybridized carbons (Fsp3) is 0.556. The Balaban J connectivity index is 2.09. The highest BCUT2D eigenvalue weighted by molar-refractivity contribution is 5.94. The number of carbonyl (C=O) groups is 2. The zero-order valence-corrected chi connectivity index (χ0v) is 13.4. The van der Waals surface area contributed by atoms with Crippen molar-refractivity contribution >= 4 is 11.8 Å². The van der Waals surface area contributed by atoms with Crippen molar-refractivity contribution in [2.75, 3.05) is 13.7 Å². The van der Waals surface area contributed by atoms with Crippen LogP contribution in [0.1, 0.15) is 54.9 Å². The van der Waals surface area contributed by atoms with Gasteiger partial charge >= 0.3 is 5.97 Å². The highest BCUT2D eigenvalue weighted by atomic mass is 16.5. The van der Waals surface area contributed by atoms with Crippen molar-refractivity contribution in [2.24, 2.45) is 5.92 Å². The largest absolute Gasteiger partial charge is 0.493 e. The van der Waals surface area contributed by atoms with Crippen molar-refractivity contribution in [2.45, 2.75) is 45.4 Å². The SMILES string of the molecule is COC(=O)Cc1cc(C(C)=O)ccc1OCC1CCCCC1. The Bertz CT molecular complexity index is 530. The van der Waals surface area contributed by atoms with Gasteiger partial charge in [0.05, 0.1) is 20.1 Å². The van der Waals surface area contributed by atoms with Gasteiger partial charge in [-0.15, -0.1) is 0 Å². The Morgan fingerprint density at radius 1 is 1.18 bits per heavy atom. The van der Waals surface area contributed by atoms with E-state index in [1.54, 1.807) is 18.2 Å². The van der Waals surface area contributed by atoms with Gasteiger partial charge < -0.3 is 9.47 Å². The Morgan fingerprint density at radius 3 is 2.55 bits per heavy atom. The first-order valence-corrected chi connectivity index (χ1v) is 7.93. The van der Waals surface area contributed by atoms with Gasteiger partial charge in [-0.25, -0.2) is 0 Å². The molecule has 0 amide bonds. The van der Waals surface area contributed by atoms with Gasteiger partial charge in [0.25, 0.3) is 0 Å². The molecule has 1 aliphatic rings. The summed E-state index contributed by atoms with van der Waals surface area (Å²) in [5.74, 6) is 0.918. The van der Waals surface area contributed by atoms with E-state index in [0.717, 1.165) is 5.56 Å². The molecule has 4 nitrogen and oxygen atoms in total. The van der Waals surface area contributed by atoms with Gasteiger partial charge in [0.2, 0.25) is 0 Å². The lowest BCUT2D eigenvalue weighted by Crippen LogP contribution is -2.16. The van der Waals surface area contributed by atoms with Crippen LogP contribution < -0.4 is 4.74 Å². The van der Waals surface area contributed by atoms with Gasteiger partial charge in [-0.2, -0.15) is 0 Å². The third kappa shape index (κ3) is 4.58. The highest BCUT2D eigenvalue weighted by Gasteiger charge is 2.16. The van der Waals surface area contributed by atoms with E-state index in [0.29, 0.717) is 23.8 Å². The number of esters is 1. The number of methoxy groups -OCH3 is 1. The van der Waals surface area contributed by atoms with E-state index in [-0.39, 0.29) is 18.2 Å². The molecule has 0 heterocycles. The van der Waals surface area contributed by atoms with Crippen molar-refractivity contribution in [1.29, 1.82) is 0 Å². The maximum atomic E-state index is 11.6. The maximum Gasteiger partial charge on any atom is 0.310 e. The number of rotatable bonds is 6. The smallest absolute Gasteiger partial charge is 0.310 e. The summed E-state index contributed by atoms with van der Waals surface area (Å²) in [7, 11) is 1.36. The molecule has 0 unspecified atom stereocenters. The monoisotopic (exact) mass is 304 g/mol. The lowest BCUT2D eigenvalue weighted by Gasteiger charge is -2.22. The van der Waals surface area contributed by atoms with Gasteiger partial charge in [-0.3, -0.25) is 9.59 Å². The fourth-order valence-electron chi connectivity index (χ4n) is 2.87. The second kappa shape index (κ2) is 7.97. The third-order valence-electron chi connectivity index (χ3n) is 4.23. The van der Waals surface area contributed by atoms with Crippen molar-refractivity contribution in [1.82, 2.24) is 0 Å². The fourth-order valence-corrected chi connectivity index (χ4v) is 2.87. The summed E-state index contributed by atoms with van der Waals surface area (Å²) < 4.78 is 10.7. The van der Waals surface area contributed by atoms with Crippen LogP contribution >= 0.6 is 0 Å². The van der Waals surface area contributed by atoms with Gasteiger partial charge in [0, 0.05) is 11.1 Å². The summed E-state index contributed by atoms with van der Waals surface area (Å²) in [6.45, 7) is 2.19. The normalized spacial score (nSPS) is 15.4. The highest BCUT2D eigenvalue weighted by Crippen LogP contribution is 2.27. The summed E-state index contributed by atoms with van der Waals surface area (Å²) in [6, 6.07) is 5.27. The van der Waals surface area contributed by atoms with Crippen LogP contribution in [0.4, 0.5) is 0 Å². The van der Waals surface area contributed by atoms with Crippen LogP contribution in [0.15, 0.2) is 18.2 Å². The van der Waals surface area contributed by atoms with Crippen molar-refractivity contribution in [3.8, 4) is 5.75 Å². The molecule has 0 saturated heterocycles. The second-order valence-electron chi connectivity index (χ2n) is 5.95. The maximum absolute atomic E-state index is 11.6. The first-order chi connectivity index (χ1) is 10.6. The topological polar surface area (TPSA) is 52.6 Å². The lowest BCUT2D eigenvalue weighted by molar-refractivity contribution is -0.139. The Hall–Kier alpha value is -1.84. The van der Waals surface area contributed by atoms with Crippen molar-refractivity contribution < 1.29 is 19.1 Å². The Kier molecular flexibility index (Phi) is 5.99. The zero-order chi connectivity index (χ0) is 15.9. The van der Waals surface area contributed by atoms with E-state index in [1.807, 2.05) is 0 Å². The number of benzene rings is 1. The summed E-state index contributed by atoms with van der Waals surface area (Å²) in [5, 5.41) is 0. The minimum Gasteiger partial charge on any atom is -0.493 e. The van der Waals surface area contributed by atoms with E-state index in [9.17, 15) is 9.59 Å². The molecular formula is C18H24O4. The van der Waals surface area contributed by atoms with E-state index < -0.39 is 0 Å². The van der Waals surface area contributed by atoms with Crippen LogP contribution in [0.2, 0.25) is 0 Å². The molecule has 2 rings (SSSR count). The summed E-state index contributed by atoms with van der Waals surface area (Å²) in [5.41, 5.74) is 1.30. The molecule has 22 heavy (non-hydrogen) atoms. The molecule has 0 aliphatic heterocycles. The second-order valence-corrected chi connectivity index (χ2v) is 5.95. The Morgan fingerprint density at radius 2 is 1.91 bits per heavy atom. The number of carbonyl (C=O) groups excluding carboxylic acids is 2. The van der Waals surface area contributed by atoms with Crippen LogP contribution in [-0.4, -0.2) is 25.5 Å². The molecule has 0 aromatic heterocycles. The third-order valence-corrected chi connectivity index (χ3v) is 4.23. The van der Waals surface area contributed by atoms with Gasteiger partial charge in [0.15, 0.2) is 5.78 Å². The number of hydrogen-bond donors (Lipinski definition) is 0. The summed E-state index contributed by atoms with van der Waals surface area (Å²) in [4.78, 5) is 23.1. The molecule has 1 saturated carbocycles. The molecule has 0 N–H and O–H groups in total. The van der Waals surface area contributed by atoms with Crippen LogP contribution in [0, 0.1) is 5.92 Å². The first-order valence-electron chi connectivity index (χ1n) is 7.93. The minimum atomic E-state index is -0.330. The van der Waals surface area contributed by atoms with E-state index in [2.05, 4.69) is 0 Å². The molecule has 0 radical (unpaired) electrons. The zero-order valence-electron chi connectivity index (χ0n) is 13.4. The molecule has 0 bridgehead atoms. The minimum absolute atomic E-state index is 0.0232. The molecule has 1 aromatic carbocycles. The van der Waals surface area contributed by atoms with Crippen LogP contribution in [-0.2, 0) is 16.0 Å². The van der Waals surface area contributed by atoms with E-state index in [1.165, 1.54) is 46.1 Å². The predicted molar refractivity (Wildman–Crippen MR) is 84.2 cm³/mol. The molecule has 4 heteroatoms. The quantitative estimate of drug-likeness (QED) is 0.595. The molecule has 0 atom stereocenters. The molecule has 120 valence electrons. The molecular weight excluding hydrogens is 280 g/mol.